The molecule has 0 rings (SSSR count). The van der Waals surface area contributed by atoms with Crippen molar-refractivity contribution in [2.45, 2.75) is 0 Å². The summed E-state index contributed by atoms with van der Waals surface area (Å²) in [6.45, 7) is 2.75. The quantitative estimate of drug-likeness (QED) is 0.227. The van der Waals surface area contributed by atoms with Gasteiger partial charge in [0.05, 0.1) is 0 Å². The van der Waals surface area contributed by atoms with Gasteiger partial charge in [-0.15, -0.1) is 6.58 Å². The summed E-state index contributed by atoms with van der Waals surface area (Å²) >= 11 is 0. The first-order chi connectivity index (χ1) is 2.27. The third-order valence-corrected chi connectivity index (χ3v) is 0.131. The molecule has 5 heavy (non-hydrogen) atoms. The van der Waals surface area contributed by atoms with E-state index in [1.807, 2.05) is 0 Å². The number of hydrogen-bond donors (Lipinski definition) is 0. The lowest BCUT2D eigenvalue weighted by Crippen LogP contribution is -2.00. The number of carbonyl (C=O) groups is 1. The highest BCUT2D eigenvalue weighted by molar-refractivity contribution is 5.67. The second kappa shape index (κ2) is 1.52. The molecule has 0 atom stereocenters. The van der Waals surface area contributed by atoms with Crippen LogP contribution < -0.4 is 5.11 Å². The van der Waals surface area contributed by atoms with Gasteiger partial charge in [-0.3, -0.25) is 4.79 Å². The van der Waals surface area contributed by atoms with Crippen molar-refractivity contribution in [3.05, 3.63) is 12.3 Å². The number of allylic oxidation sites excluding steroid dienone is 1. The first kappa shape index (κ1) is 4.21. The summed E-state index contributed by atoms with van der Waals surface area (Å²) in [4.78, 5) is 9.09. The Kier molecular flexibility index (Phi) is 1.28. The molecule has 0 saturated heterocycles. The molecule has 0 aliphatic heterocycles. The third-order valence-electron chi connectivity index (χ3n) is 0.131. The molecule has 0 fully saturated rings. The fourth-order valence-corrected chi connectivity index (χ4v) is 0. The summed E-state index contributed by atoms with van der Waals surface area (Å²) in [6.07, 6.45) is 0.167. The molecule has 0 aliphatic rings. The van der Waals surface area contributed by atoms with E-state index in [4.69, 9.17) is 4.79 Å². The van der Waals surface area contributed by atoms with Gasteiger partial charge in [-0.1, -0.05) is 5.76 Å². The van der Waals surface area contributed by atoms with Crippen LogP contribution in [0.1, 0.15) is 0 Å². The van der Waals surface area contributed by atoms with Gasteiger partial charge in [0.1, 0.15) is 6.29 Å². The Labute approximate surface area is 29.7 Å². The first-order valence-corrected chi connectivity index (χ1v) is 1.08. The highest BCUT2D eigenvalue weighted by Gasteiger charge is 1.53. The zero-order chi connectivity index (χ0) is 4.28. The fraction of sp³-hybridized carbons (Fsp3) is 0. The van der Waals surface area contributed by atoms with Gasteiger partial charge in [0, 0.05) is 0 Å². The van der Waals surface area contributed by atoms with Crippen LogP contribution in [0.25, 0.3) is 0 Å². The van der Waals surface area contributed by atoms with Crippen LogP contribution in [0.4, 0.5) is 0 Å². The Hall–Kier alpha value is -0.790. The van der Waals surface area contributed by atoms with Gasteiger partial charge in [0.2, 0.25) is 0 Å². The molecule has 0 saturated carbocycles. The molecular formula is C3H3O2-. The smallest absolute Gasteiger partial charge is 0.134 e. The minimum Gasteiger partial charge on any atom is -0.871 e. The lowest BCUT2D eigenvalue weighted by Gasteiger charge is -1.90. The van der Waals surface area contributed by atoms with Gasteiger partial charge in [0.25, 0.3) is 0 Å². The van der Waals surface area contributed by atoms with Crippen LogP contribution in [-0.2, 0) is 4.79 Å². The summed E-state index contributed by atoms with van der Waals surface area (Å²) in [5, 5.41) is 9.33. The van der Waals surface area contributed by atoms with Gasteiger partial charge in [-0.05, 0) is 0 Å². The van der Waals surface area contributed by atoms with Crippen molar-refractivity contribution in [2.24, 2.45) is 0 Å². The molecule has 0 aromatic rings. The number of rotatable bonds is 1. The Morgan fingerprint density at radius 1 is 2.00 bits per heavy atom. The lowest BCUT2D eigenvalue weighted by atomic mass is 10.7. The first-order valence-electron chi connectivity index (χ1n) is 1.08. The minimum absolute atomic E-state index is 0.167. The molecule has 0 radical (unpaired) electrons. The van der Waals surface area contributed by atoms with Crippen LogP contribution in [0.5, 0.6) is 0 Å². The molecule has 0 unspecified atom stereocenters. The van der Waals surface area contributed by atoms with Crippen molar-refractivity contribution in [2.75, 3.05) is 0 Å². The number of carbonyl (C=O) groups excluding carboxylic acids is 1. The second-order valence-electron chi connectivity index (χ2n) is 0.584. The van der Waals surface area contributed by atoms with Crippen molar-refractivity contribution in [1.29, 1.82) is 0 Å². The number of aldehydes is 1. The highest BCUT2D eigenvalue weighted by Crippen LogP contribution is 1.54. The molecule has 2 heteroatoms. The molecule has 0 aromatic heterocycles. The Morgan fingerprint density at radius 3 is 2.20 bits per heavy atom. The standard InChI is InChI=1S/C3H4O2/c1-3(5)2-4/h2,5H,1H2/p-1. The maximum absolute atomic E-state index is 9.33. The average molecular weight is 71.1 g/mol. The molecule has 0 bridgehead atoms. The molecule has 0 aromatic carbocycles. The van der Waals surface area contributed by atoms with Gasteiger partial charge >= 0.3 is 0 Å². The van der Waals surface area contributed by atoms with Crippen LogP contribution >= 0.6 is 0 Å². The monoisotopic (exact) mass is 71.0 g/mol. The zero-order valence-electron chi connectivity index (χ0n) is 2.60. The average Bonchev–Trinajstić information content (AvgIpc) is 1.38. The van der Waals surface area contributed by atoms with Gasteiger partial charge in [0.15, 0.2) is 0 Å². The molecule has 0 spiro atoms. The summed E-state index contributed by atoms with van der Waals surface area (Å²) in [5.41, 5.74) is 0. The molecule has 0 aliphatic carbocycles. The highest BCUT2D eigenvalue weighted by atomic mass is 16.3. The van der Waals surface area contributed by atoms with Crippen LogP contribution in [-0.4, -0.2) is 6.29 Å². The van der Waals surface area contributed by atoms with Crippen molar-refractivity contribution in [1.82, 2.24) is 0 Å². The molecule has 28 valence electrons. The van der Waals surface area contributed by atoms with Crippen LogP contribution in [0, 0.1) is 0 Å². The maximum atomic E-state index is 9.33. The summed E-state index contributed by atoms with van der Waals surface area (Å²) < 4.78 is 0. The molecule has 0 amide bonds. The molecule has 0 N–H and O–H groups in total. The Morgan fingerprint density at radius 2 is 2.20 bits per heavy atom. The van der Waals surface area contributed by atoms with Gasteiger partial charge in [-0.2, -0.15) is 0 Å². The normalized spacial score (nSPS) is 6.40. The fourth-order valence-electron chi connectivity index (χ4n) is 0. The van der Waals surface area contributed by atoms with E-state index in [1.165, 1.54) is 0 Å². The summed E-state index contributed by atoms with van der Waals surface area (Å²) in [7, 11) is 0. The van der Waals surface area contributed by atoms with Crippen LogP contribution in [0.15, 0.2) is 12.3 Å². The molecular weight excluding hydrogens is 68.0 g/mol. The third kappa shape index (κ3) is 3.21. The van der Waals surface area contributed by atoms with E-state index >= 15 is 0 Å². The van der Waals surface area contributed by atoms with E-state index in [-0.39, 0.29) is 6.29 Å². The van der Waals surface area contributed by atoms with Crippen molar-refractivity contribution < 1.29 is 9.90 Å². The van der Waals surface area contributed by atoms with Crippen LogP contribution in [0.3, 0.4) is 0 Å². The Bertz CT molecular complexity index is 55.9. The largest absolute Gasteiger partial charge is 0.871 e. The molecule has 0 heterocycles. The predicted octanol–water partition coefficient (Wildman–Crippen LogP) is -0.941. The number of hydrogen-bond acceptors (Lipinski definition) is 2. The van der Waals surface area contributed by atoms with Crippen molar-refractivity contribution in [3.8, 4) is 0 Å². The van der Waals surface area contributed by atoms with E-state index in [9.17, 15) is 5.11 Å². The van der Waals surface area contributed by atoms with Crippen molar-refractivity contribution in [3.63, 3.8) is 0 Å². The summed E-state index contributed by atoms with van der Waals surface area (Å²) in [6, 6.07) is 0. The van der Waals surface area contributed by atoms with E-state index in [1.54, 1.807) is 0 Å². The Balaban J connectivity index is 3.20. The van der Waals surface area contributed by atoms with Crippen LogP contribution in [0.2, 0.25) is 0 Å². The lowest BCUT2D eigenvalue weighted by molar-refractivity contribution is -0.294. The topological polar surface area (TPSA) is 40.1 Å². The van der Waals surface area contributed by atoms with E-state index in [0.29, 0.717) is 0 Å². The van der Waals surface area contributed by atoms with Crippen molar-refractivity contribution >= 4 is 6.29 Å². The minimum atomic E-state index is -0.676. The van der Waals surface area contributed by atoms with E-state index in [0.717, 1.165) is 0 Å². The van der Waals surface area contributed by atoms with E-state index in [2.05, 4.69) is 6.58 Å². The maximum Gasteiger partial charge on any atom is 0.134 e. The SMILES string of the molecule is C=C([O-])C=O. The predicted molar refractivity (Wildman–Crippen MR) is 15.2 cm³/mol. The zero-order valence-corrected chi connectivity index (χ0v) is 2.60. The van der Waals surface area contributed by atoms with Gasteiger partial charge in [-0.25, -0.2) is 0 Å². The van der Waals surface area contributed by atoms with E-state index < -0.39 is 5.76 Å². The second-order valence-corrected chi connectivity index (χ2v) is 0.584. The summed E-state index contributed by atoms with van der Waals surface area (Å²) in [5.74, 6) is -0.676. The van der Waals surface area contributed by atoms with Gasteiger partial charge < -0.3 is 5.11 Å². The molecule has 2 nitrogen and oxygen atoms in total.